The standard InChI is InChI=1S/C15H17N3O/c16-10-12-6-8-14(9-7-12)18(15(17)19)11-13-4-2-1-3-5-13/h1-9H,10-11,16H2,(H2,17,19). The molecule has 0 unspecified atom stereocenters. The molecule has 4 N–H and O–H groups in total. The number of carbonyl (C=O) groups excluding carboxylic acids is 1. The van der Waals surface area contributed by atoms with Crippen LogP contribution in [0.15, 0.2) is 54.6 Å². The first kappa shape index (κ1) is 13.1. The number of hydrogen-bond acceptors (Lipinski definition) is 2. The Hall–Kier alpha value is -2.33. The van der Waals surface area contributed by atoms with Crippen LogP contribution in [-0.4, -0.2) is 6.03 Å². The summed E-state index contributed by atoms with van der Waals surface area (Å²) < 4.78 is 0. The lowest BCUT2D eigenvalue weighted by Crippen LogP contribution is -2.35. The molecule has 2 aromatic rings. The van der Waals surface area contributed by atoms with Crippen LogP contribution >= 0.6 is 0 Å². The Morgan fingerprint density at radius 1 is 0.947 bits per heavy atom. The van der Waals surface area contributed by atoms with Crippen LogP contribution in [0.25, 0.3) is 0 Å². The number of primary amides is 1. The van der Waals surface area contributed by atoms with Crippen molar-refractivity contribution in [1.29, 1.82) is 0 Å². The van der Waals surface area contributed by atoms with Gasteiger partial charge in [-0.1, -0.05) is 42.5 Å². The molecule has 0 aliphatic rings. The van der Waals surface area contributed by atoms with Gasteiger partial charge in [0.1, 0.15) is 0 Å². The van der Waals surface area contributed by atoms with Gasteiger partial charge < -0.3 is 11.5 Å². The fourth-order valence-electron chi connectivity index (χ4n) is 1.87. The maximum atomic E-state index is 11.6. The lowest BCUT2D eigenvalue weighted by Gasteiger charge is -2.20. The monoisotopic (exact) mass is 255 g/mol. The largest absolute Gasteiger partial charge is 0.351 e. The van der Waals surface area contributed by atoms with Crippen molar-refractivity contribution in [3.8, 4) is 0 Å². The number of anilines is 1. The summed E-state index contributed by atoms with van der Waals surface area (Å²) >= 11 is 0. The van der Waals surface area contributed by atoms with Gasteiger partial charge in [-0.3, -0.25) is 4.90 Å². The van der Waals surface area contributed by atoms with Crippen LogP contribution in [0.4, 0.5) is 10.5 Å². The van der Waals surface area contributed by atoms with Crippen molar-refractivity contribution < 1.29 is 4.79 Å². The topological polar surface area (TPSA) is 72.3 Å². The van der Waals surface area contributed by atoms with Gasteiger partial charge in [0.05, 0.1) is 6.54 Å². The number of rotatable bonds is 4. The third-order valence-electron chi connectivity index (χ3n) is 2.93. The molecule has 2 aromatic carbocycles. The molecule has 0 saturated carbocycles. The van der Waals surface area contributed by atoms with Gasteiger partial charge in [0.25, 0.3) is 0 Å². The minimum atomic E-state index is -0.468. The van der Waals surface area contributed by atoms with Crippen LogP contribution < -0.4 is 16.4 Å². The molecular formula is C15H17N3O. The Bertz CT molecular complexity index is 537. The van der Waals surface area contributed by atoms with Crippen LogP contribution in [0, 0.1) is 0 Å². The van der Waals surface area contributed by atoms with Gasteiger partial charge in [-0.25, -0.2) is 4.79 Å². The first-order valence-corrected chi connectivity index (χ1v) is 6.10. The molecule has 0 heterocycles. The average molecular weight is 255 g/mol. The molecule has 0 fully saturated rings. The lowest BCUT2D eigenvalue weighted by atomic mass is 10.1. The van der Waals surface area contributed by atoms with E-state index in [-0.39, 0.29) is 0 Å². The highest BCUT2D eigenvalue weighted by atomic mass is 16.2. The third kappa shape index (κ3) is 3.33. The summed E-state index contributed by atoms with van der Waals surface area (Å²) in [6.45, 7) is 0.938. The van der Waals surface area contributed by atoms with E-state index in [1.165, 1.54) is 4.90 Å². The fraction of sp³-hybridized carbons (Fsp3) is 0.133. The van der Waals surface area contributed by atoms with E-state index in [2.05, 4.69) is 0 Å². The predicted octanol–water partition coefficient (Wildman–Crippen LogP) is 2.23. The van der Waals surface area contributed by atoms with E-state index in [9.17, 15) is 4.79 Å². The van der Waals surface area contributed by atoms with Gasteiger partial charge in [-0.15, -0.1) is 0 Å². The van der Waals surface area contributed by atoms with Gasteiger partial charge >= 0.3 is 6.03 Å². The van der Waals surface area contributed by atoms with E-state index in [1.807, 2.05) is 54.6 Å². The van der Waals surface area contributed by atoms with E-state index >= 15 is 0 Å². The maximum Gasteiger partial charge on any atom is 0.319 e. The summed E-state index contributed by atoms with van der Waals surface area (Å²) in [6.07, 6.45) is 0. The van der Waals surface area contributed by atoms with E-state index in [1.54, 1.807) is 0 Å². The van der Waals surface area contributed by atoms with Crippen molar-refractivity contribution in [3.05, 3.63) is 65.7 Å². The Balaban J connectivity index is 2.22. The number of hydrogen-bond donors (Lipinski definition) is 2. The van der Waals surface area contributed by atoms with Crippen molar-refractivity contribution >= 4 is 11.7 Å². The highest BCUT2D eigenvalue weighted by Gasteiger charge is 2.12. The molecule has 0 atom stereocenters. The minimum absolute atomic E-state index is 0.456. The van der Waals surface area contributed by atoms with Crippen LogP contribution in [0.5, 0.6) is 0 Å². The second-order valence-corrected chi connectivity index (χ2v) is 4.28. The van der Waals surface area contributed by atoms with Crippen LogP contribution in [0.1, 0.15) is 11.1 Å². The summed E-state index contributed by atoms with van der Waals surface area (Å²) in [5.41, 5.74) is 13.8. The number of nitrogens with zero attached hydrogens (tertiary/aromatic N) is 1. The first-order chi connectivity index (χ1) is 9.20. The van der Waals surface area contributed by atoms with Crippen LogP contribution in [-0.2, 0) is 13.1 Å². The molecule has 0 radical (unpaired) electrons. The second-order valence-electron chi connectivity index (χ2n) is 4.28. The zero-order valence-corrected chi connectivity index (χ0v) is 10.6. The van der Waals surface area contributed by atoms with Gasteiger partial charge in [0, 0.05) is 12.2 Å². The summed E-state index contributed by atoms with van der Waals surface area (Å²) in [4.78, 5) is 13.1. The van der Waals surface area contributed by atoms with Gasteiger partial charge in [-0.2, -0.15) is 0 Å². The third-order valence-corrected chi connectivity index (χ3v) is 2.93. The SMILES string of the molecule is NCc1ccc(N(Cc2ccccc2)C(N)=O)cc1. The molecule has 0 aliphatic carbocycles. The van der Waals surface area contributed by atoms with Gasteiger partial charge in [0.2, 0.25) is 0 Å². The molecular weight excluding hydrogens is 238 g/mol. The van der Waals surface area contributed by atoms with E-state index in [4.69, 9.17) is 11.5 Å². The Morgan fingerprint density at radius 3 is 2.11 bits per heavy atom. The summed E-state index contributed by atoms with van der Waals surface area (Å²) in [5.74, 6) is 0. The van der Waals surface area contributed by atoms with Gasteiger partial charge in [-0.05, 0) is 23.3 Å². The molecule has 4 heteroatoms. The first-order valence-electron chi connectivity index (χ1n) is 6.10. The number of amides is 2. The highest BCUT2D eigenvalue weighted by Crippen LogP contribution is 2.18. The molecule has 2 rings (SSSR count). The molecule has 0 aliphatic heterocycles. The van der Waals surface area contributed by atoms with Crippen LogP contribution in [0.3, 0.4) is 0 Å². The molecule has 2 amide bonds. The van der Waals surface area contributed by atoms with Gasteiger partial charge in [0.15, 0.2) is 0 Å². The number of carbonyl (C=O) groups is 1. The normalized spacial score (nSPS) is 10.2. The minimum Gasteiger partial charge on any atom is -0.351 e. The average Bonchev–Trinajstić information content (AvgIpc) is 2.46. The van der Waals surface area contributed by atoms with E-state index in [0.29, 0.717) is 13.1 Å². The Kier molecular flexibility index (Phi) is 4.15. The highest BCUT2D eigenvalue weighted by molar-refractivity contribution is 5.90. The van der Waals surface area contributed by atoms with E-state index in [0.717, 1.165) is 16.8 Å². The maximum absolute atomic E-state index is 11.6. The second kappa shape index (κ2) is 6.02. The zero-order chi connectivity index (χ0) is 13.7. The van der Waals surface area contributed by atoms with Crippen LogP contribution in [0.2, 0.25) is 0 Å². The lowest BCUT2D eigenvalue weighted by molar-refractivity contribution is 0.253. The molecule has 19 heavy (non-hydrogen) atoms. The number of urea groups is 1. The van der Waals surface area contributed by atoms with Crippen molar-refractivity contribution in [2.75, 3.05) is 4.90 Å². The summed E-state index contributed by atoms with van der Waals surface area (Å²) in [6, 6.07) is 16.8. The van der Waals surface area contributed by atoms with Crippen molar-refractivity contribution in [2.45, 2.75) is 13.1 Å². The molecule has 0 saturated heterocycles. The molecule has 98 valence electrons. The summed E-state index contributed by atoms with van der Waals surface area (Å²) in [7, 11) is 0. The Labute approximate surface area is 112 Å². The van der Waals surface area contributed by atoms with E-state index < -0.39 is 6.03 Å². The number of benzene rings is 2. The van der Waals surface area contributed by atoms with Crippen molar-refractivity contribution in [3.63, 3.8) is 0 Å². The zero-order valence-electron chi connectivity index (χ0n) is 10.6. The predicted molar refractivity (Wildman–Crippen MR) is 76.5 cm³/mol. The molecule has 0 bridgehead atoms. The van der Waals surface area contributed by atoms with Crippen molar-refractivity contribution in [2.24, 2.45) is 11.5 Å². The molecule has 4 nitrogen and oxygen atoms in total. The molecule has 0 aromatic heterocycles. The molecule has 0 spiro atoms. The number of nitrogens with two attached hydrogens (primary N) is 2. The summed E-state index contributed by atoms with van der Waals surface area (Å²) in [5, 5.41) is 0. The fourth-order valence-corrected chi connectivity index (χ4v) is 1.87. The Morgan fingerprint density at radius 2 is 1.58 bits per heavy atom. The smallest absolute Gasteiger partial charge is 0.319 e. The quantitative estimate of drug-likeness (QED) is 0.879. The van der Waals surface area contributed by atoms with Crippen molar-refractivity contribution in [1.82, 2.24) is 0 Å².